The summed E-state index contributed by atoms with van der Waals surface area (Å²) < 4.78 is 0. The highest BCUT2D eigenvalue weighted by molar-refractivity contribution is 4.90. The van der Waals surface area contributed by atoms with Crippen molar-refractivity contribution in [1.82, 2.24) is 4.90 Å². The van der Waals surface area contributed by atoms with Crippen LogP contribution in [-0.2, 0) is 0 Å². The molecule has 0 amide bonds. The van der Waals surface area contributed by atoms with E-state index in [2.05, 4.69) is 32.7 Å². The molecule has 1 fully saturated rings. The number of hydrogen-bond donors (Lipinski definition) is 1. The topological polar surface area (TPSA) is 29.3 Å². The van der Waals surface area contributed by atoms with Gasteiger partial charge in [-0.2, -0.15) is 0 Å². The summed E-state index contributed by atoms with van der Waals surface area (Å²) in [5.41, 5.74) is 6.55. The molecule has 15 heavy (non-hydrogen) atoms. The fourth-order valence-electron chi connectivity index (χ4n) is 2.56. The normalized spacial score (nSPS) is 23.4. The zero-order chi connectivity index (χ0) is 11.5. The van der Waals surface area contributed by atoms with Crippen LogP contribution in [0.15, 0.2) is 0 Å². The molecule has 0 aromatic heterocycles. The van der Waals surface area contributed by atoms with Gasteiger partial charge in [-0.05, 0) is 32.7 Å². The Morgan fingerprint density at radius 2 is 1.67 bits per heavy atom. The Kier molecular flexibility index (Phi) is 4.60. The summed E-state index contributed by atoms with van der Waals surface area (Å²) in [6.45, 7) is 7.93. The van der Waals surface area contributed by atoms with E-state index in [4.69, 9.17) is 5.73 Å². The predicted molar refractivity (Wildman–Crippen MR) is 66.9 cm³/mol. The van der Waals surface area contributed by atoms with Gasteiger partial charge in [0.1, 0.15) is 0 Å². The third-order valence-electron chi connectivity index (χ3n) is 4.07. The molecular weight excluding hydrogens is 184 g/mol. The van der Waals surface area contributed by atoms with Gasteiger partial charge in [-0.15, -0.1) is 0 Å². The third kappa shape index (κ3) is 3.76. The lowest BCUT2D eigenvalue weighted by molar-refractivity contribution is 0.140. The van der Waals surface area contributed by atoms with Crippen molar-refractivity contribution >= 4 is 0 Å². The van der Waals surface area contributed by atoms with Crippen molar-refractivity contribution in [2.75, 3.05) is 13.6 Å². The molecule has 2 nitrogen and oxygen atoms in total. The molecule has 0 heterocycles. The Morgan fingerprint density at radius 3 is 2.13 bits per heavy atom. The number of rotatable bonds is 4. The van der Waals surface area contributed by atoms with E-state index in [-0.39, 0.29) is 5.54 Å². The van der Waals surface area contributed by atoms with Crippen LogP contribution in [0.3, 0.4) is 0 Å². The second-order valence-electron chi connectivity index (χ2n) is 5.82. The first-order valence-corrected chi connectivity index (χ1v) is 6.44. The fourth-order valence-corrected chi connectivity index (χ4v) is 2.56. The van der Waals surface area contributed by atoms with E-state index < -0.39 is 0 Å². The van der Waals surface area contributed by atoms with Gasteiger partial charge in [-0.25, -0.2) is 0 Å². The van der Waals surface area contributed by atoms with Crippen molar-refractivity contribution in [3.05, 3.63) is 0 Å². The number of likely N-dealkylation sites (N-methyl/N-ethyl adjacent to an activating group) is 1. The molecule has 0 bridgehead atoms. The number of nitrogens with zero attached hydrogens (tertiary/aromatic N) is 1. The largest absolute Gasteiger partial charge is 0.324 e. The van der Waals surface area contributed by atoms with Gasteiger partial charge in [0.05, 0.1) is 0 Å². The van der Waals surface area contributed by atoms with Gasteiger partial charge in [0.15, 0.2) is 0 Å². The Hall–Kier alpha value is -0.0800. The van der Waals surface area contributed by atoms with Gasteiger partial charge < -0.3 is 10.6 Å². The molecule has 0 aliphatic heterocycles. The molecule has 2 N–H and O–H groups in total. The monoisotopic (exact) mass is 212 g/mol. The Balaban J connectivity index is 2.45. The first kappa shape index (κ1) is 13.0. The van der Waals surface area contributed by atoms with Gasteiger partial charge in [-0.3, -0.25) is 0 Å². The molecular formula is C13H28N2. The Bertz CT molecular complexity index is 183. The van der Waals surface area contributed by atoms with Crippen molar-refractivity contribution in [3.8, 4) is 0 Å². The van der Waals surface area contributed by atoms with Crippen LogP contribution < -0.4 is 5.73 Å². The fraction of sp³-hybridized carbons (Fsp3) is 1.00. The van der Waals surface area contributed by atoms with Crippen molar-refractivity contribution in [1.29, 1.82) is 0 Å². The predicted octanol–water partition coefficient (Wildman–Crippen LogP) is 2.62. The van der Waals surface area contributed by atoms with Crippen LogP contribution in [0.5, 0.6) is 0 Å². The molecule has 0 aromatic rings. The average molecular weight is 212 g/mol. The summed E-state index contributed by atoms with van der Waals surface area (Å²) in [6, 6.07) is 0.632. The molecule has 2 heteroatoms. The van der Waals surface area contributed by atoms with Crippen molar-refractivity contribution in [2.45, 2.75) is 64.5 Å². The van der Waals surface area contributed by atoms with Gasteiger partial charge >= 0.3 is 0 Å². The summed E-state index contributed by atoms with van der Waals surface area (Å²) in [4.78, 5) is 2.44. The van der Waals surface area contributed by atoms with Crippen molar-refractivity contribution < 1.29 is 0 Å². The van der Waals surface area contributed by atoms with E-state index in [0.717, 1.165) is 6.54 Å². The van der Waals surface area contributed by atoms with Crippen LogP contribution in [0.25, 0.3) is 0 Å². The van der Waals surface area contributed by atoms with Gasteiger partial charge in [0.2, 0.25) is 0 Å². The lowest BCUT2D eigenvalue weighted by Gasteiger charge is -2.39. The number of nitrogens with two attached hydrogens (primary N) is 1. The Morgan fingerprint density at radius 1 is 1.13 bits per heavy atom. The average Bonchev–Trinajstić information content (AvgIpc) is 2.16. The van der Waals surface area contributed by atoms with Gasteiger partial charge in [0, 0.05) is 18.1 Å². The van der Waals surface area contributed by atoms with Crippen molar-refractivity contribution in [2.24, 2.45) is 11.7 Å². The summed E-state index contributed by atoms with van der Waals surface area (Å²) in [5.74, 6) is 0.710. The molecule has 0 aromatic carbocycles. The van der Waals surface area contributed by atoms with Crippen LogP contribution in [-0.4, -0.2) is 30.1 Å². The smallest absolute Gasteiger partial charge is 0.0283 e. The van der Waals surface area contributed by atoms with Gasteiger partial charge in [0.25, 0.3) is 0 Å². The zero-order valence-corrected chi connectivity index (χ0v) is 10.9. The second kappa shape index (κ2) is 5.31. The maximum atomic E-state index is 6.46. The second-order valence-corrected chi connectivity index (χ2v) is 5.82. The summed E-state index contributed by atoms with van der Waals surface area (Å²) in [6.07, 6.45) is 6.44. The summed E-state index contributed by atoms with van der Waals surface area (Å²) in [5, 5.41) is 0. The molecule has 0 radical (unpaired) electrons. The highest BCUT2D eigenvalue weighted by Crippen LogP contribution is 2.27. The molecule has 0 saturated heterocycles. The van der Waals surface area contributed by atoms with Crippen molar-refractivity contribution in [3.63, 3.8) is 0 Å². The van der Waals surface area contributed by atoms with Crippen LogP contribution >= 0.6 is 0 Å². The lowest BCUT2D eigenvalue weighted by atomic mass is 9.82. The standard InChI is InChI=1S/C13H28N2/c1-11(2)12(3)15(4)10-13(14)8-6-5-7-9-13/h11-12H,5-10,14H2,1-4H3. The zero-order valence-electron chi connectivity index (χ0n) is 10.9. The summed E-state index contributed by atoms with van der Waals surface area (Å²) >= 11 is 0. The van der Waals surface area contributed by atoms with Crippen LogP contribution in [0.2, 0.25) is 0 Å². The molecule has 1 aliphatic carbocycles. The lowest BCUT2D eigenvalue weighted by Crippen LogP contribution is -2.52. The summed E-state index contributed by atoms with van der Waals surface area (Å²) in [7, 11) is 2.22. The molecule has 1 rings (SSSR count). The molecule has 1 saturated carbocycles. The van der Waals surface area contributed by atoms with Crippen LogP contribution in [0, 0.1) is 5.92 Å². The van der Waals surface area contributed by atoms with E-state index in [0.29, 0.717) is 12.0 Å². The molecule has 1 unspecified atom stereocenters. The van der Waals surface area contributed by atoms with E-state index in [9.17, 15) is 0 Å². The highest BCUT2D eigenvalue weighted by Gasteiger charge is 2.30. The van der Waals surface area contributed by atoms with Crippen LogP contribution in [0.4, 0.5) is 0 Å². The Labute approximate surface area is 95.2 Å². The molecule has 1 atom stereocenters. The highest BCUT2D eigenvalue weighted by atomic mass is 15.1. The van der Waals surface area contributed by atoms with E-state index >= 15 is 0 Å². The van der Waals surface area contributed by atoms with E-state index in [1.165, 1.54) is 32.1 Å². The minimum absolute atomic E-state index is 0.0934. The SMILES string of the molecule is CC(C)C(C)N(C)CC1(N)CCCCC1. The van der Waals surface area contributed by atoms with E-state index in [1.807, 2.05) is 0 Å². The maximum absolute atomic E-state index is 6.46. The minimum Gasteiger partial charge on any atom is -0.324 e. The molecule has 1 aliphatic rings. The first-order valence-electron chi connectivity index (χ1n) is 6.44. The number of hydrogen-bond acceptors (Lipinski definition) is 2. The quantitative estimate of drug-likeness (QED) is 0.776. The maximum Gasteiger partial charge on any atom is 0.0283 e. The van der Waals surface area contributed by atoms with E-state index in [1.54, 1.807) is 0 Å². The molecule has 0 spiro atoms. The minimum atomic E-state index is 0.0934. The van der Waals surface area contributed by atoms with Crippen LogP contribution in [0.1, 0.15) is 52.9 Å². The third-order valence-corrected chi connectivity index (χ3v) is 4.07. The molecule has 90 valence electrons. The first-order chi connectivity index (χ1) is 6.94. The van der Waals surface area contributed by atoms with Gasteiger partial charge in [-0.1, -0.05) is 33.1 Å².